The number of Topliss-reactive ketones (excluding diaryl/α,β-unsaturated/α-hetero) is 1. The van der Waals surface area contributed by atoms with Gasteiger partial charge in [0.1, 0.15) is 5.82 Å². The van der Waals surface area contributed by atoms with Crippen LogP contribution in [0.15, 0.2) is 46.9 Å². The third kappa shape index (κ3) is 2.98. The minimum atomic E-state index is -0.504. The number of ketones is 1. The van der Waals surface area contributed by atoms with E-state index in [1.165, 1.54) is 6.07 Å². The number of hydrogen-bond donors (Lipinski definition) is 0. The Morgan fingerprint density at radius 3 is 2.67 bits per heavy atom. The van der Waals surface area contributed by atoms with Crippen molar-refractivity contribution in [3.05, 3.63) is 68.9 Å². The molecule has 0 saturated heterocycles. The van der Waals surface area contributed by atoms with Crippen molar-refractivity contribution in [3.8, 4) is 0 Å². The number of carbonyl (C=O) groups is 1. The summed E-state index contributed by atoms with van der Waals surface area (Å²) >= 11 is 9.12. The number of halogens is 3. The van der Waals surface area contributed by atoms with Crippen molar-refractivity contribution in [3.63, 3.8) is 0 Å². The standard InChI is InChI=1S/C14H9BrClFO/c15-11-5-1-3-9(7-11)13(18)8-10-4-2-6-12(17)14(10)16/h1-7H,8H2. The molecule has 1 nitrogen and oxygen atoms in total. The van der Waals surface area contributed by atoms with E-state index in [1.54, 1.807) is 30.3 Å². The second-order valence-electron chi connectivity index (χ2n) is 3.82. The van der Waals surface area contributed by atoms with E-state index in [-0.39, 0.29) is 17.2 Å². The topological polar surface area (TPSA) is 17.1 Å². The van der Waals surface area contributed by atoms with Crippen LogP contribution in [0.25, 0.3) is 0 Å². The van der Waals surface area contributed by atoms with Gasteiger partial charge in [-0.05, 0) is 23.8 Å². The van der Waals surface area contributed by atoms with Crippen molar-refractivity contribution in [2.24, 2.45) is 0 Å². The Hall–Kier alpha value is -1.19. The van der Waals surface area contributed by atoms with Crippen LogP contribution in [0.2, 0.25) is 5.02 Å². The smallest absolute Gasteiger partial charge is 0.167 e. The Balaban J connectivity index is 2.24. The molecule has 0 aromatic heterocycles. The highest BCUT2D eigenvalue weighted by atomic mass is 79.9. The van der Waals surface area contributed by atoms with E-state index in [2.05, 4.69) is 15.9 Å². The van der Waals surface area contributed by atoms with Gasteiger partial charge in [-0.15, -0.1) is 0 Å². The Morgan fingerprint density at radius 1 is 1.22 bits per heavy atom. The summed E-state index contributed by atoms with van der Waals surface area (Å²) in [4.78, 5) is 12.0. The summed E-state index contributed by atoms with van der Waals surface area (Å²) in [5.74, 6) is -0.597. The van der Waals surface area contributed by atoms with Crippen LogP contribution in [0.4, 0.5) is 4.39 Å². The minimum Gasteiger partial charge on any atom is -0.294 e. The summed E-state index contributed by atoms with van der Waals surface area (Å²) in [5.41, 5.74) is 1.08. The molecule has 0 spiro atoms. The Kier molecular flexibility index (Phi) is 4.15. The van der Waals surface area contributed by atoms with Gasteiger partial charge in [-0.3, -0.25) is 4.79 Å². The van der Waals surface area contributed by atoms with Gasteiger partial charge < -0.3 is 0 Å². The van der Waals surface area contributed by atoms with Gasteiger partial charge in [0.15, 0.2) is 5.78 Å². The fourth-order valence-electron chi connectivity index (χ4n) is 1.62. The number of benzene rings is 2. The van der Waals surface area contributed by atoms with Crippen LogP contribution in [-0.2, 0) is 6.42 Å². The van der Waals surface area contributed by atoms with Crippen LogP contribution in [0.5, 0.6) is 0 Å². The van der Waals surface area contributed by atoms with Crippen LogP contribution in [0.1, 0.15) is 15.9 Å². The first-order chi connectivity index (χ1) is 8.58. The molecule has 0 unspecified atom stereocenters. The molecular formula is C14H9BrClFO. The monoisotopic (exact) mass is 326 g/mol. The second-order valence-corrected chi connectivity index (χ2v) is 5.12. The predicted molar refractivity (Wildman–Crippen MR) is 73.6 cm³/mol. The van der Waals surface area contributed by atoms with Gasteiger partial charge in [-0.1, -0.05) is 51.8 Å². The molecule has 2 rings (SSSR count). The lowest BCUT2D eigenvalue weighted by Crippen LogP contribution is -2.04. The molecule has 0 heterocycles. The van der Waals surface area contributed by atoms with E-state index in [0.29, 0.717) is 11.1 Å². The van der Waals surface area contributed by atoms with Crippen molar-refractivity contribution in [2.75, 3.05) is 0 Å². The molecule has 4 heteroatoms. The maximum atomic E-state index is 13.2. The van der Waals surface area contributed by atoms with Crippen molar-refractivity contribution >= 4 is 33.3 Å². The Bertz CT molecular complexity index is 598. The molecule has 0 N–H and O–H groups in total. The number of carbonyl (C=O) groups excluding carboxylic acids is 1. The van der Waals surface area contributed by atoms with Gasteiger partial charge in [0.2, 0.25) is 0 Å². The van der Waals surface area contributed by atoms with E-state index >= 15 is 0 Å². The summed E-state index contributed by atoms with van der Waals surface area (Å²) in [5, 5.41) is 0.0147. The average Bonchev–Trinajstić information content (AvgIpc) is 2.35. The summed E-state index contributed by atoms with van der Waals surface area (Å²) in [6.45, 7) is 0. The average molecular weight is 328 g/mol. The van der Waals surface area contributed by atoms with Crippen LogP contribution in [-0.4, -0.2) is 5.78 Å². The SMILES string of the molecule is O=C(Cc1cccc(F)c1Cl)c1cccc(Br)c1. The van der Waals surface area contributed by atoms with Crippen LogP contribution in [0, 0.1) is 5.82 Å². The largest absolute Gasteiger partial charge is 0.294 e. The van der Waals surface area contributed by atoms with Crippen LogP contribution in [0.3, 0.4) is 0 Å². The van der Waals surface area contributed by atoms with E-state index in [9.17, 15) is 9.18 Å². The molecule has 18 heavy (non-hydrogen) atoms. The molecule has 0 radical (unpaired) electrons. The molecule has 0 aliphatic heterocycles. The number of rotatable bonds is 3. The first-order valence-electron chi connectivity index (χ1n) is 5.29. The molecule has 0 fully saturated rings. The van der Waals surface area contributed by atoms with E-state index in [4.69, 9.17) is 11.6 Å². The third-order valence-corrected chi connectivity index (χ3v) is 3.45. The maximum absolute atomic E-state index is 13.2. The molecule has 0 saturated carbocycles. The van der Waals surface area contributed by atoms with Gasteiger partial charge >= 0.3 is 0 Å². The minimum absolute atomic E-state index is 0.0147. The van der Waals surface area contributed by atoms with Gasteiger partial charge in [0.05, 0.1) is 5.02 Å². The van der Waals surface area contributed by atoms with Crippen molar-refractivity contribution in [1.82, 2.24) is 0 Å². The quantitative estimate of drug-likeness (QED) is 0.749. The zero-order valence-corrected chi connectivity index (χ0v) is 11.6. The van der Waals surface area contributed by atoms with Crippen molar-refractivity contribution in [1.29, 1.82) is 0 Å². The van der Waals surface area contributed by atoms with Gasteiger partial charge in [-0.25, -0.2) is 4.39 Å². The highest BCUT2D eigenvalue weighted by molar-refractivity contribution is 9.10. The lowest BCUT2D eigenvalue weighted by Gasteiger charge is -2.05. The van der Waals surface area contributed by atoms with Crippen LogP contribution >= 0.6 is 27.5 Å². The molecule has 92 valence electrons. The normalized spacial score (nSPS) is 10.4. The molecule has 0 aliphatic carbocycles. The third-order valence-electron chi connectivity index (χ3n) is 2.53. The van der Waals surface area contributed by atoms with Gasteiger partial charge in [-0.2, -0.15) is 0 Å². The lowest BCUT2D eigenvalue weighted by molar-refractivity contribution is 0.0993. The summed E-state index contributed by atoms with van der Waals surface area (Å²) < 4.78 is 14.1. The fraction of sp³-hybridized carbons (Fsp3) is 0.0714. The highest BCUT2D eigenvalue weighted by Gasteiger charge is 2.12. The predicted octanol–water partition coefficient (Wildman–Crippen LogP) is 4.67. The molecule has 0 amide bonds. The molecule has 2 aromatic rings. The van der Waals surface area contributed by atoms with Crippen molar-refractivity contribution in [2.45, 2.75) is 6.42 Å². The molecule has 0 bridgehead atoms. The molecular weight excluding hydrogens is 319 g/mol. The molecule has 0 aliphatic rings. The summed E-state index contributed by atoms with van der Waals surface area (Å²) in [6.07, 6.45) is 0.0903. The summed E-state index contributed by atoms with van der Waals surface area (Å²) in [6, 6.07) is 11.5. The van der Waals surface area contributed by atoms with Crippen LogP contribution < -0.4 is 0 Å². The maximum Gasteiger partial charge on any atom is 0.167 e. The van der Waals surface area contributed by atoms with E-state index in [0.717, 1.165) is 4.47 Å². The zero-order chi connectivity index (χ0) is 13.1. The summed E-state index contributed by atoms with van der Waals surface area (Å²) in [7, 11) is 0. The van der Waals surface area contributed by atoms with E-state index in [1.807, 2.05) is 6.07 Å². The van der Waals surface area contributed by atoms with Gasteiger partial charge in [0.25, 0.3) is 0 Å². The van der Waals surface area contributed by atoms with E-state index < -0.39 is 5.82 Å². The molecule has 2 aromatic carbocycles. The number of hydrogen-bond acceptors (Lipinski definition) is 1. The fourth-order valence-corrected chi connectivity index (χ4v) is 2.21. The van der Waals surface area contributed by atoms with Gasteiger partial charge in [0, 0.05) is 16.5 Å². The first-order valence-corrected chi connectivity index (χ1v) is 6.46. The highest BCUT2D eigenvalue weighted by Crippen LogP contribution is 2.22. The lowest BCUT2D eigenvalue weighted by atomic mass is 10.0. The van der Waals surface area contributed by atoms with Crippen molar-refractivity contribution < 1.29 is 9.18 Å². The second kappa shape index (κ2) is 5.63. The first kappa shape index (κ1) is 13.2. The molecule has 0 atom stereocenters. The Morgan fingerprint density at radius 2 is 1.94 bits per heavy atom. The Labute approximate surface area is 118 Å². The zero-order valence-electron chi connectivity index (χ0n) is 9.29.